The maximum Gasteiger partial charge on any atom is 0.226 e. The van der Waals surface area contributed by atoms with Crippen LogP contribution >= 0.6 is 0 Å². The van der Waals surface area contributed by atoms with E-state index in [2.05, 4.69) is 52.6 Å². The van der Waals surface area contributed by atoms with Crippen LogP contribution in [0.1, 0.15) is 60.4 Å². The number of nitrogens with zero attached hydrogens (tertiary/aromatic N) is 4. The van der Waals surface area contributed by atoms with E-state index in [1.807, 2.05) is 23.7 Å². The van der Waals surface area contributed by atoms with Gasteiger partial charge in [0.05, 0.1) is 12.2 Å². The molecule has 1 amide bonds. The monoisotopic (exact) mass is 395 g/mol. The minimum atomic E-state index is 0.0299. The molecule has 1 N–H and O–H groups in total. The molecule has 2 aromatic heterocycles. The van der Waals surface area contributed by atoms with E-state index < -0.39 is 0 Å². The molecule has 0 bridgehead atoms. The summed E-state index contributed by atoms with van der Waals surface area (Å²) < 4.78 is 7.20. The Labute approximate surface area is 171 Å². The number of carbonyl (C=O) groups excluding carboxylic acids is 1. The Balaban J connectivity index is 1.43. The molecule has 0 fully saturated rings. The number of amides is 1. The first-order valence-electron chi connectivity index (χ1n) is 10.2. The molecular formula is C22H29N5O2. The Bertz CT molecular complexity index is 944. The van der Waals surface area contributed by atoms with Gasteiger partial charge in [0.2, 0.25) is 11.8 Å². The van der Waals surface area contributed by atoms with Crippen LogP contribution in [0.25, 0.3) is 0 Å². The molecule has 0 saturated carbocycles. The first-order chi connectivity index (χ1) is 14.0. The smallest absolute Gasteiger partial charge is 0.226 e. The Morgan fingerprint density at radius 3 is 2.76 bits per heavy atom. The fraction of sp³-hybridized carbons (Fsp3) is 0.455. The predicted molar refractivity (Wildman–Crippen MR) is 110 cm³/mol. The van der Waals surface area contributed by atoms with Crippen LogP contribution in [0.5, 0.6) is 0 Å². The number of rotatable bonds is 10. The zero-order valence-corrected chi connectivity index (χ0v) is 17.4. The zero-order valence-electron chi connectivity index (χ0n) is 17.4. The van der Waals surface area contributed by atoms with Gasteiger partial charge in [-0.2, -0.15) is 10.1 Å². The van der Waals surface area contributed by atoms with Crippen molar-refractivity contribution in [2.24, 2.45) is 0 Å². The molecule has 154 valence electrons. The van der Waals surface area contributed by atoms with Crippen molar-refractivity contribution in [3.05, 3.63) is 64.6 Å². The zero-order chi connectivity index (χ0) is 20.6. The summed E-state index contributed by atoms with van der Waals surface area (Å²) in [6.45, 7) is 7.38. The molecular weight excluding hydrogens is 366 g/mol. The normalized spacial score (nSPS) is 11.0. The number of hydrogen-bond acceptors (Lipinski definition) is 5. The molecule has 0 unspecified atom stereocenters. The van der Waals surface area contributed by atoms with Crippen LogP contribution in [0.3, 0.4) is 0 Å². The minimum Gasteiger partial charge on any atom is -0.352 e. The van der Waals surface area contributed by atoms with E-state index >= 15 is 0 Å². The van der Waals surface area contributed by atoms with Crippen LogP contribution in [-0.4, -0.2) is 25.8 Å². The van der Waals surface area contributed by atoms with Gasteiger partial charge in [-0.1, -0.05) is 36.3 Å². The Kier molecular flexibility index (Phi) is 7.16. The molecule has 2 heterocycles. The fourth-order valence-electron chi connectivity index (χ4n) is 3.25. The average molecular weight is 396 g/mol. The second-order valence-corrected chi connectivity index (χ2v) is 7.39. The predicted octanol–water partition coefficient (Wildman–Crippen LogP) is 3.52. The molecule has 7 heteroatoms. The molecule has 3 rings (SSSR count). The third kappa shape index (κ3) is 6.27. The SMILES string of the molecule is CCCc1noc(CCCC(=O)NCc2cccc(Cn3nc(C)cc3C)c2)n1. The van der Waals surface area contributed by atoms with Crippen LogP contribution in [0, 0.1) is 13.8 Å². The lowest BCUT2D eigenvalue weighted by molar-refractivity contribution is -0.121. The van der Waals surface area contributed by atoms with Gasteiger partial charge in [-0.3, -0.25) is 9.48 Å². The number of aryl methyl sites for hydroxylation is 4. The highest BCUT2D eigenvalue weighted by molar-refractivity contribution is 5.75. The van der Waals surface area contributed by atoms with Crippen LogP contribution in [-0.2, 0) is 30.7 Å². The molecule has 29 heavy (non-hydrogen) atoms. The third-order valence-electron chi connectivity index (χ3n) is 4.70. The van der Waals surface area contributed by atoms with Gasteiger partial charge in [0.25, 0.3) is 0 Å². The van der Waals surface area contributed by atoms with E-state index in [1.54, 1.807) is 0 Å². The third-order valence-corrected chi connectivity index (χ3v) is 4.70. The topological polar surface area (TPSA) is 85.8 Å². The molecule has 0 aliphatic heterocycles. The highest BCUT2D eigenvalue weighted by Gasteiger charge is 2.08. The standard InChI is InChI=1S/C22H29N5O2/c1-4-7-20-24-22(29-26-20)11-6-10-21(28)23-14-18-8-5-9-19(13-18)15-27-17(3)12-16(2)25-27/h5,8-9,12-13H,4,6-7,10-11,14-15H2,1-3H3,(H,23,28). The summed E-state index contributed by atoms with van der Waals surface area (Å²) in [5.74, 6) is 1.38. The van der Waals surface area contributed by atoms with Crippen LogP contribution < -0.4 is 5.32 Å². The Hall–Kier alpha value is -2.96. The number of nitrogens with one attached hydrogen (secondary N) is 1. The van der Waals surface area contributed by atoms with Gasteiger partial charge >= 0.3 is 0 Å². The number of carbonyl (C=O) groups is 1. The van der Waals surface area contributed by atoms with Crippen molar-refractivity contribution in [1.29, 1.82) is 0 Å². The molecule has 0 spiro atoms. The van der Waals surface area contributed by atoms with Gasteiger partial charge in [-0.25, -0.2) is 0 Å². The summed E-state index contributed by atoms with van der Waals surface area (Å²) in [4.78, 5) is 16.5. The van der Waals surface area contributed by atoms with Gasteiger partial charge in [0.15, 0.2) is 5.82 Å². The van der Waals surface area contributed by atoms with Gasteiger partial charge in [-0.15, -0.1) is 0 Å². The first-order valence-corrected chi connectivity index (χ1v) is 10.2. The van der Waals surface area contributed by atoms with Crippen molar-refractivity contribution in [2.75, 3.05) is 0 Å². The van der Waals surface area contributed by atoms with Gasteiger partial charge in [-0.05, 0) is 43.9 Å². The quantitative estimate of drug-likeness (QED) is 0.568. The molecule has 0 radical (unpaired) electrons. The van der Waals surface area contributed by atoms with E-state index in [9.17, 15) is 4.79 Å². The minimum absolute atomic E-state index is 0.0299. The maximum absolute atomic E-state index is 12.1. The molecule has 0 saturated heterocycles. The largest absolute Gasteiger partial charge is 0.352 e. The second-order valence-electron chi connectivity index (χ2n) is 7.39. The summed E-state index contributed by atoms with van der Waals surface area (Å²) in [6.07, 6.45) is 3.57. The lowest BCUT2D eigenvalue weighted by atomic mass is 10.1. The first kappa shape index (κ1) is 20.8. The Morgan fingerprint density at radius 1 is 1.17 bits per heavy atom. The molecule has 7 nitrogen and oxygen atoms in total. The van der Waals surface area contributed by atoms with Crippen molar-refractivity contribution in [3.63, 3.8) is 0 Å². The van der Waals surface area contributed by atoms with Crippen LogP contribution in [0.15, 0.2) is 34.9 Å². The second kappa shape index (κ2) is 10.0. The number of aromatic nitrogens is 4. The highest BCUT2D eigenvalue weighted by Crippen LogP contribution is 2.10. The molecule has 0 atom stereocenters. The summed E-state index contributed by atoms with van der Waals surface area (Å²) in [6, 6.07) is 10.3. The average Bonchev–Trinajstić information content (AvgIpc) is 3.26. The van der Waals surface area contributed by atoms with Crippen molar-refractivity contribution in [2.45, 2.75) is 66.0 Å². The van der Waals surface area contributed by atoms with E-state index in [-0.39, 0.29) is 5.91 Å². The van der Waals surface area contributed by atoms with Crippen LogP contribution in [0.4, 0.5) is 0 Å². The van der Waals surface area contributed by atoms with E-state index in [0.29, 0.717) is 31.7 Å². The summed E-state index contributed by atoms with van der Waals surface area (Å²) in [5.41, 5.74) is 4.41. The van der Waals surface area contributed by atoms with Crippen molar-refractivity contribution in [1.82, 2.24) is 25.2 Å². The van der Waals surface area contributed by atoms with E-state index in [4.69, 9.17) is 4.52 Å². The maximum atomic E-state index is 12.1. The van der Waals surface area contributed by atoms with Gasteiger partial charge < -0.3 is 9.84 Å². The van der Waals surface area contributed by atoms with Gasteiger partial charge in [0, 0.05) is 31.5 Å². The molecule has 3 aromatic rings. The lowest BCUT2D eigenvalue weighted by Crippen LogP contribution is -2.22. The van der Waals surface area contributed by atoms with E-state index in [1.165, 1.54) is 5.56 Å². The summed E-state index contributed by atoms with van der Waals surface area (Å²) >= 11 is 0. The molecule has 0 aliphatic carbocycles. The van der Waals surface area contributed by atoms with Crippen molar-refractivity contribution >= 4 is 5.91 Å². The fourth-order valence-corrected chi connectivity index (χ4v) is 3.25. The van der Waals surface area contributed by atoms with Crippen molar-refractivity contribution < 1.29 is 9.32 Å². The number of hydrogen-bond donors (Lipinski definition) is 1. The van der Waals surface area contributed by atoms with Crippen LogP contribution in [0.2, 0.25) is 0 Å². The summed E-state index contributed by atoms with van der Waals surface area (Å²) in [5, 5.41) is 11.4. The van der Waals surface area contributed by atoms with E-state index in [0.717, 1.165) is 42.2 Å². The number of benzene rings is 1. The summed E-state index contributed by atoms with van der Waals surface area (Å²) in [7, 11) is 0. The van der Waals surface area contributed by atoms with Gasteiger partial charge in [0.1, 0.15) is 0 Å². The Morgan fingerprint density at radius 2 is 2.00 bits per heavy atom. The highest BCUT2D eigenvalue weighted by atomic mass is 16.5. The molecule has 1 aromatic carbocycles. The molecule has 0 aliphatic rings. The van der Waals surface area contributed by atoms with Crippen molar-refractivity contribution in [3.8, 4) is 0 Å². The lowest BCUT2D eigenvalue weighted by Gasteiger charge is -2.08.